The molecule has 1 unspecified atom stereocenters. The van der Waals surface area contributed by atoms with E-state index in [-0.39, 0.29) is 0 Å². The first-order valence-electron chi connectivity index (χ1n) is 8.02. The van der Waals surface area contributed by atoms with Crippen LogP contribution in [0.3, 0.4) is 0 Å². The third-order valence-electron chi connectivity index (χ3n) is 4.65. The molecule has 4 nitrogen and oxygen atoms in total. The number of aryl methyl sites for hydroxylation is 1. The molecule has 0 amide bonds. The summed E-state index contributed by atoms with van der Waals surface area (Å²) in [5.41, 5.74) is 3.35. The summed E-state index contributed by atoms with van der Waals surface area (Å²) < 4.78 is 11.2. The van der Waals surface area contributed by atoms with Gasteiger partial charge in [0.05, 0.1) is 25.1 Å². The molecule has 3 heterocycles. The van der Waals surface area contributed by atoms with Crippen LogP contribution >= 0.6 is 0 Å². The predicted octanol–water partition coefficient (Wildman–Crippen LogP) is 4.49. The molecule has 4 heteroatoms. The second-order valence-corrected chi connectivity index (χ2v) is 6.01. The lowest BCUT2D eigenvalue weighted by Crippen LogP contribution is -2.23. The lowest BCUT2D eigenvalue weighted by molar-refractivity contribution is 0.419. The highest BCUT2D eigenvalue weighted by Crippen LogP contribution is 2.42. The zero-order valence-electron chi connectivity index (χ0n) is 13.5. The molecule has 1 aromatic carbocycles. The first-order chi connectivity index (χ1) is 11.3. The first kappa shape index (κ1) is 14.1. The van der Waals surface area contributed by atoms with E-state index in [1.165, 1.54) is 17.7 Å². The van der Waals surface area contributed by atoms with Gasteiger partial charge in [0.25, 0.3) is 0 Å². The maximum absolute atomic E-state index is 5.68. The molecule has 1 fully saturated rings. The second-order valence-electron chi connectivity index (χ2n) is 6.01. The van der Waals surface area contributed by atoms with Gasteiger partial charge in [0, 0.05) is 18.1 Å². The predicted molar refractivity (Wildman–Crippen MR) is 91.1 cm³/mol. The van der Waals surface area contributed by atoms with Crippen LogP contribution in [0.2, 0.25) is 0 Å². The molecule has 0 N–H and O–H groups in total. The van der Waals surface area contributed by atoms with E-state index in [4.69, 9.17) is 9.15 Å². The number of pyridine rings is 1. The highest BCUT2D eigenvalue weighted by molar-refractivity contribution is 5.96. The van der Waals surface area contributed by atoms with Crippen LogP contribution in [0.5, 0.6) is 5.75 Å². The summed E-state index contributed by atoms with van der Waals surface area (Å²) in [6, 6.07) is 10.5. The number of anilines is 1. The lowest BCUT2D eigenvalue weighted by atomic mass is 10.1. The van der Waals surface area contributed by atoms with Crippen molar-refractivity contribution in [2.24, 2.45) is 0 Å². The third-order valence-corrected chi connectivity index (χ3v) is 4.65. The van der Waals surface area contributed by atoms with Gasteiger partial charge in [-0.1, -0.05) is 12.1 Å². The van der Waals surface area contributed by atoms with Crippen LogP contribution in [0.25, 0.3) is 10.9 Å². The fraction of sp³-hybridized carbons (Fsp3) is 0.316. The molecular formula is C19H20N2O2. The van der Waals surface area contributed by atoms with Crippen molar-refractivity contribution in [1.82, 2.24) is 4.98 Å². The number of hydrogen-bond donors (Lipinski definition) is 0. The van der Waals surface area contributed by atoms with Crippen molar-refractivity contribution < 1.29 is 9.15 Å². The Kier molecular flexibility index (Phi) is 3.45. The van der Waals surface area contributed by atoms with Gasteiger partial charge in [-0.25, -0.2) is 0 Å². The molecular weight excluding hydrogens is 288 g/mol. The van der Waals surface area contributed by atoms with Crippen molar-refractivity contribution >= 4 is 16.6 Å². The van der Waals surface area contributed by atoms with Crippen LogP contribution in [-0.4, -0.2) is 18.6 Å². The van der Waals surface area contributed by atoms with E-state index in [2.05, 4.69) is 28.9 Å². The molecule has 2 aromatic heterocycles. The molecule has 0 radical (unpaired) electrons. The first-order valence-corrected chi connectivity index (χ1v) is 8.02. The standard InChI is InChI=1S/C19H20N2O2/c1-13-12-20-18-14(6-3-8-17(18)22-2)19(13)21-10-4-7-15(21)16-9-5-11-23-16/h3,5-6,8-9,11-12,15H,4,7,10H2,1-2H3. The molecule has 4 rings (SSSR count). The largest absolute Gasteiger partial charge is 0.494 e. The number of aromatic nitrogens is 1. The van der Waals surface area contributed by atoms with E-state index in [0.717, 1.165) is 35.4 Å². The van der Waals surface area contributed by atoms with Crippen LogP contribution < -0.4 is 9.64 Å². The average Bonchev–Trinajstić information content (AvgIpc) is 3.24. The quantitative estimate of drug-likeness (QED) is 0.715. The maximum Gasteiger partial charge on any atom is 0.145 e. The molecule has 1 atom stereocenters. The Bertz CT molecular complexity index is 827. The van der Waals surface area contributed by atoms with Crippen LogP contribution in [0.1, 0.15) is 30.2 Å². The zero-order chi connectivity index (χ0) is 15.8. The van der Waals surface area contributed by atoms with Gasteiger partial charge in [0.15, 0.2) is 0 Å². The van der Waals surface area contributed by atoms with Crippen molar-refractivity contribution in [3.63, 3.8) is 0 Å². The summed E-state index contributed by atoms with van der Waals surface area (Å²) >= 11 is 0. The molecule has 1 aliphatic rings. The number of methoxy groups -OCH3 is 1. The van der Waals surface area contributed by atoms with E-state index in [1.54, 1.807) is 13.4 Å². The Hall–Kier alpha value is -2.49. The molecule has 0 bridgehead atoms. The molecule has 1 saturated heterocycles. The van der Waals surface area contributed by atoms with Crippen LogP contribution in [-0.2, 0) is 0 Å². The van der Waals surface area contributed by atoms with Crippen LogP contribution in [0, 0.1) is 6.92 Å². The number of para-hydroxylation sites is 1. The second kappa shape index (κ2) is 5.61. The molecule has 0 saturated carbocycles. The van der Waals surface area contributed by atoms with E-state index < -0.39 is 0 Å². The van der Waals surface area contributed by atoms with Gasteiger partial charge in [0.1, 0.15) is 17.0 Å². The fourth-order valence-corrected chi connectivity index (χ4v) is 3.64. The minimum atomic E-state index is 0.292. The summed E-state index contributed by atoms with van der Waals surface area (Å²) in [5.74, 6) is 1.85. The Balaban J connectivity index is 1.89. The van der Waals surface area contributed by atoms with E-state index in [9.17, 15) is 0 Å². The van der Waals surface area contributed by atoms with E-state index >= 15 is 0 Å². The minimum absolute atomic E-state index is 0.292. The fourth-order valence-electron chi connectivity index (χ4n) is 3.64. The Morgan fingerprint density at radius 1 is 1.26 bits per heavy atom. The molecule has 23 heavy (non-hydrogen) atoms. The Morgan fingerprint density at radius 3 is 2.96 bits per heavy atom. The topological polar surface area (TPSA) is 38.5 Å². The number of fused-ring (bicyclic) bond motifs is 1. The van der Waals surface area contributed by atoms with Crippen molar-refractivity contribution in [1.29, 1.82) is 0 Å². The van der Waals surface area contributed by atoms with Crippen molar-refractivity contribution in [3.8, 4) is 5.75 Å². The van der Waals surface area contributed by atoms with Crippen LogP contribution in [0.4, 0.5) is 5.69 Å². The number of rotatable bonds is 3. The van der Waals surface area contributed by atoms with Gasteiger partial charge in [-0.05, 0) is 43.5 Å². The smallest absolute Gasteiger partial charge is 0.145 e. The molecule has 0 spiro atoms. The maximum atomic E-state index is 5.68. The summed E-state index contributed by atoms with van der Waals surface area (Å²) in [5, 5.41) is 1.14. The van der Waals surface area contributed by atoms with Crippen molar-refractivity contribution in [3.05, 3.63) is 54.1 Å². The summed E-state index contributed by atoms with van der Waals surface area (Å²) in [4.78, 5) is 7.05. The van der Waals surface area contributed by atoms with Gasteiger partial charge in [-0.15, -0.1) is 0 Å². The monoisotopic (exact) mass is 308 g/mol. The third kappa shape index (κ3) is 2.25. The van der Waals surface area contributed by atoms with E-state index in [1.807, 2.05) is 24.4 Å². The molecule has 0 aliphatic carbocycles. The van der Waals surface area contributed by atoms with Gasteiger partial charge < -0.3 is 14.1 Å². The van der Waals surface area contributed by atoms with E-state index in [0.29, 0.717) is 6.04 Å². The van der Waals surface area contributed by atoms with Crippen molar-refractivity contribution in [2.45, 2.75) is 25.8 Å². The number of benzene rings is 1. The number of furan rings is 1. The van der Waals surface area contributed by atoms with Gasteiger partial charge in [0.2, 0.25) is 0 Å². The number of ether oxygens (including phenoxy) is 1. The van der Waals surface area contributed by atoms with Gasteiger partial charge in [-0.3, -0.25) is 4.98 Å². The van der Waals surface area contributed by atoms with Crippen molar-refractivity contribution in [2.75, 3.05) is 18.6 Å². The minimum Gasteiger partial charge on any atom is -0.494 e. The van der Waals surface area contributed by atoms with Gasteiger partial charge >= 0.3 is 0 Å². The average molecular weight is 308 g/mol. The van der Waals surface area contributed by atoms with Gasteiger partial charge in [-0.2, -0.15) is 0 Å². The summed E-state index contributed by atoms with van der Waals surface area (Å²) in [6.07, 6.45) is 5.98. The highest BCUT2D eigenvalue weighted by Gasteiger charge is 2.30. The number of nitrogens with zero attached hydrogens (tertiary/aromatic N) is 2. The molecule has 3 aromatic rings. The SMILES string of the molecule is COc1cccc2c(N3CCCC3c3ccco3)c(C)cnc12. The Morgan fingerprint density at radius 2 is 2.17 bits per heavy atom. The Labute approximate surface area is 135 Å². The summed E-state index contributed by atoms with van der Waals surface area (Å²) in [7, 11) is 1.69. The molecule has 118 valence electrons. The van der Waals surface area contributed by atoms with Crippen LogP contribution in [0.15, 0.2) is 47.2 Å². The molecule has 1 aliphatic heterocycles. The highest BCUT2D eigenvalue weighted by atomic mass is 16.5. The normalized spacial score (nSPS) is 17.8. The number of hydrogen-bond acceptors (Lipinski definition) is 4. The zero-order valence-corrected chi connectivity index (χ0v) is 13.5. The summed E-state index contributed by atoms with van der Waals surface area (Å²) in [6.45, 7) is 3.15. The lowest BCUT2D eigenvalue weighted by Gasteiger charge is -2.28.